The fourth-order valence-electron chi connectivity index (χ4n) is 4.69. The lowest BCUT2D eigenvalue weighted by Crippen LogP contribution is -2.34. The average molecular weight is 671 g/mol. The number of anilines is 2. The van der Waals surface area contributed by atoms with Gasteiger partial charge in [-0.3, -0.25) is 14.5 Å². The number of carbonyl (C=O) groups is 3. The molecule has 1 saturated carbocycles. The Bertz CT molecular complexity index is 1550. The van der Waals surface area contributed by atoms with Crippen LogP contribution in [0.1, 0.15) is 53.7 Å². The number of hydrogen-bond donors (Lipinski definition) is 1. The molecule has 0 aliphatic heterocycles. The highest BCUT2D eigenvalue weighted by Crippen LogP contribution is 2.65. The quantitative estimate of drug-likeness (QED) is 0.201. The van der Waals surface area contributed by atoms with E-state index in [2.05, 4.69) is 5.32 Å². The van der Waals surface area contributed by atoms with Crippen LogP contribution >= 0.6 is 58.0 Å². The van der Waals surface area contributed by atoms with E-state index >= 15 is 0 Å². The smallest absolute Gasteiger partial charge is 0.414 e. The lowest BCUT2D eigenvalue weighted by Gasteiger charge is -2.26. The van der Waals surface area contributed by atoms with Crippen molar-refractivity contribution in [2.45, 2.75) is 50.0 Å². The first-order valence-corrected chi connectivity index (χ1v) is 14.9. The molecule has 0 saturated heterocycles. The van der Waals surface area contributed by atoms with Crippen molar-refractivity contribution < 1.29 is 19.1 Å². The van der Waals surface area contributed by atoms with Crippen molar-refractivity contribution >= 4 is 87.2 Å². The summed E-state index contributed by atoms with van der Waals surface area (Å²) in [5.74, 6) is -1.97. The minimum atomic E-state index is -1.35. The summed E-state index contributed by atoms with van der Waals surface area (Å²) in [6.45, 7) is 7.25. The van der Waals surface area contributed by atoms with Gasteiger partial charge < -0.3 is 10.1 Å². The van der Waals surface area contributed by atoms with Crippen LogP contribution in [0.25, 0.3) is 0 Å². The van der Waals surface area contributed by atoms with Crippen LogP contribution in [-0.4, -0.2) is 34.8 Å². The van der Waals surface area contributed by atoms with Gasteiger partial charge in [-0.05, 0) is 86.8 Å². The number of nitrogens with zero attached hydrogens (tertiary/aromatic N) is 1. The van der Waals surface area contributed by atoms with E-state index in [0.717, 1.165) is 5.56 Å². The molecule has 3 aromatic carbocycles. The maximum Gasteiger partial charge on any atom is 0.414 e. The van der Waals surface area contributed by atoms with E-state index in [1.54, 1.807) is 58.2 Å². The van der Waals surface area contributed by atoms with Crippen LogP contribution in [-0.2, 0) is 16.0 Å². The number of nitrogens with one attached hydrogen (secondary N) is 1. The van der Waals surface area contributed by atoms with E-state index in [9.17, 15) is 14.4 Å². The molecule has 1 N–H and O–H groups in total. The van der Waals surface area contributed by atoms with Crippen molar-refractivity contribution in [3.63, 3.8) is 0 Å². The van der Waals surface area contributed by atoms with E-state index in [0.29, 0.717) is 32.5 Å². The minimum Gasteiger partial charge on any atom is -0.443 e. The second-order valence-electron chi connectivity index (χ2n) is 11.3. The number of halogens is 5. The lowest BCUT2D eigenvalue weighted by atomic mass is 10.0. The van der Waals surface area contributed by atoms with Gasteiger partial charge in [-0.2, -0.15) is 0 Å². The molecule has 0 heterocycles. The standard InChI is InChI=1S/C31H29Cl5N2O4/c1-16-6-7-17(10-24(16)38(5)29(41)42-30(2,3)4)11-25(39)22-15-21(8-9-23(22)34)37-28(40)27-26(31(27,35)36)18-12-19(32)14-20(33)13-18/h6-10,12-15,26-27H,11H2,1-5H3,(H,37,40). The molecule has 6 nitrogen and oxygen atoms in total. The summed E-state index contributed by atoms with van der Waals surface area (Å²) >= 11 is 31.6. The van der Waals surface area contributed by atoms with Gasteiger partial charge in [0.25, 0.3) is 0 Å². The van der Waals surface area contributed by atoms with Crippen molar-refractivity contribution in [1.82, 2.24) is 0 Å². The summed E-state index contributed by atoms with van der Waals surface area (Å²) in [5.41, 5.74) is 2.73. The van der Waals surface area contributed by atoms with Gasteiger partial charge >= 0.3 is 6.09 Å². The number of benzene rings is 3. The number of carbonyl (C=O) groups excluding carboxylic acids is 3. The number of rotatable bonds is 7. The zero-order valence-corrected chi connectivity index (χ0v) is 27.3. The zero-order chi connectivity index (χ0) is 31.1. The Morgan fingerprint density at radius 1 is 0.952 bits per heavy atom. The molecule has 0 aromatic heterocycles. The first-order chi connectivity index (χ1) is 19.5. The third-order valence-corrected chi connectivity index (χ3v) is 8.49. The summed E-state index contributed by atoms with van der Waals surface area (Å²) in [7, 11) is 1.62. The highest BCUT2D eigenvalue weighted by molar-refractivity contribution is 6.53. The molecular formula is C31H29Cl5N2O4. The topological polar surface area (TPSA) is 75.7 Å². The van der Waals surface area contributed by atoms with Crippen LogP contribution in [0, 0.1) is 12.8 Å². The third kappa shape index (κ3) is 7.35. The predicted molar refractivity (Wildman–Crippen MR) is 171 cm³/mol. The van der Waals surface area contributed by atoms with Crippen LogP contribution in [0.4, 0.5) is 16.2 Å². The minimum absolute atomic E-state index is 0.0131. The molecule has 42 heavy (non-hydrogen) atoms. The normalized spacial score (nSPS) is 17.4. The Balaban J connectivity index is 1.49. The molecule has 1 aliphatic rings. The number of ketones is 1. The van der Waals surface area contributed by atoms with Crippen molar-refractivity contribution in [3.8, 4) is 0 Å². The molecule has 1 fully saturated rings. The van der Waals surface area contributed by atoms with Gasteiger partial charge in [-0.1, -0.05) is 46.9 Å². The largest absolute Gasteiger partial charge is 0.443 e. The highest BCUT2D eigenvalue weighted by Gasteiger charge is 2.67. The first-order valence-electron chi connectivity index (χ1n) is 13.0. The molecule has 11 heteroatoms. The Hall–Kier alpha value is -2.48. The maximum atomic E-state index is 13.3. The van der Waals surface area contributed by atoms with Gasteiger partial charge in [-0.25, -0.2) is 4.79 Å². The molecule has 3 aromatic rings. The lowest BCUT2D eigenvalue weighted by molar-refractivity contribution is -0.117. The Labute approximate surface area is 270 Å². The summed E-state index contributed by atoms with van der Waals surface area (Å²) in [6.07, 6.45) is -0.492. The SMILES string of the molecule is Cc1ccc(CC(=O)c2cc(NC(=O)C3C(c4cc(Cl)cc(Cl)c4)C3(Cl)Cl)ccc2Cl)cc1N(C)C(=O)OC(C)(C)C. The van der Waals surface area contributed by atoms with E-state index < -0.39 is 33.8 Å². The van der Waals surface area contributed by atoms with E-state index in [1.165, 1.54) is 17.0 Å². The van der Waals surface area contributed by atoms with Crippen molar-refractivity contribution in [2.24, 2.45) is 5.92 Å². The predicted octanol–water partition coefficient (Wildman–Crippen LogP) is 9.28. The Kier molecular flexibility index (Phi) is 9.46. The summed E-state index contributed by atoms with van der Waals surface area (Å²) < 4.78 is 4.13. The highest BCUT2D eigenvalue weighted by atomic mass is 35.5. The van der Waals surface area contributed by atoms with E-state index in [4.69, 9.17) is 62.7 Å². The molecule has 2 atom stereocenters. The van der Waals surface area contributed by atoms with Gasteiger partial charge in [0.2, 0.25) is 5.91 Å². The fourth-order valence-corrected chi connectivity index (χ4v) is 6.29. The number of alkyl halides is 2. The number of hydrogen-bond acceptors (Lipinski definition) is 4. The van der Waals surface area contributed by atoms with E-state index in [-0.39, 0.29) is 22.8 Å². The van der Waals surface area contributed by atoms with Crippen molar-refractivity contribution in [1.29, 1.82) is 0 Å². The molecule has 222 valence electrons. The molecule has 1 aliphatic carbocycles. The summed E-state index contributed by atoms with van der Waals surface area (Å²) in [4.78, 5) is 40.5. The van der Waals surface area contributed by atoms with Crippen molar-refractivity contribution in [2.75, 3.05) is 17.3 Å². The number of aryl methyl sites for hydroxylation is 1. The second kappa shape index (κ2) is 12.3. The van der Waals surface area contributed by atoms with Gasteiger partial charge in [0.1, 0.15) is 9.93 Å². The monoisotopic (exact) mass is 668 g/mol. The molecule has 0 bridgehead atoms. The number of ether oxygens (including phenoxy) is 1. The molecule has 2 unspecified atom stereocenters. The Morgan fingerprint density at radius 2 is 1.60 bits per heavy atom. The van der Waals surface area contributed by atoms with Crippen LogP contribution in [0.5, 0.6) is 0 Å². The number of Topliss-reactive ketones (excluding diaryl/α,β-unsaturated/α-hetero) is 1. The Morgan fingerprint density at radius 3 is 2.21 bits per heavy atom. The van der Waals surface area contributed by atoms with Crippen LogP contribution in [0.3, 0.4) is 0 Å². The second-order valence-corrected chi connectivity index (χ2v) is 14.0. The van der Waals surface area contributed by atoms with Gasteiger partial charge in [-0.15, -0.1) is 23.2 Å². The summed E-state index contributed by atoms with van der Waals surface area (Å²) in [6, 6.07) is 15.0. The fraction of sp³-hybridized carbons (Fsp3) is 0.323. The first kappa shape index (κ1) is 32.4. The third-order valence-electron chi connectivity index (χ3n) is 6.78. The molecule has 4 rings (SSSR count). The molecule has 0 spiro atoms. The molecule has 0 radical (unpaired) electrons. The van der Waals surface area contributed by atoms with Gasteiger partial charge in [0.05, 0.1) is 10.9 Å². The van der Waals surface area contributed by atoms with Crippen molar-refractivity contribution in [3.05, 3.63) is 91.9 Å². The molecule has 2 amide bonds. The van der Waals surface area contributed by atoms with Gasteiger partial charge in [0.15, 0.2) is 5.78 Å². The average Bonchev–Trinajstić information content (AvgIpc) is 3.46. The number of amides is 2. The summed E-state index contributed by atoms with van der Waals surface area (Å²) in [5, 5.41) is 3.85. The van der Waals surface area contributed by atoms with Crippen LogP contribution in [0.15, 0.2) is 54.6 Å². The van der Waals surface area contributed by atoms with Crippen LogP contribution in [0.2, 0.25) is 15.1 Å². The zero-order valence-electron chi connectivity index (χ0n) is 23.5. The molecular weight excluding hydrogens is 642 g/mol. The van der Waals surface area contributed by atoms with Gasteiger partial charge in [0, 0.05) is 46.4 Å². The maximum absolute atomic E-state index is 13.3. The van der Waals surface area contributed by atoms with Crippen LogP contribution < -0.4 is 10.2 Å². The van der Waals surface area contributed by atoms with E-state index in [1.807, 2.05) is 19.1 Å².